The predicted molar refractivity (Wildman–Crippen MR) is 142 cm³/mol. The molecule has 0 saturated heterocycles. The second-order valence-electron chi connectivity index (χ2n) is 14.2. The van der Waals surface area contributed by atoms with Crippen molar-refractivity contribution in [3.05, 3.63) is 0 Å². The van der Waals surface area contributed by atoms with Crippen molar-refractivity contribution in [3.8, 4) is 0 Å². The van der Waals surface area contributed by atoms with Gasteiger partial charge in [0.05, 0.1) is 24.7 Å². The average molecular weight is 491 g/mol. The van der Waals surface area contributed by atoms with E-state index in [1.807, 2.05) is 0 Å². The molecule has 0 bridgehead atoms. The highest BCUT2D eigenvalue weighted by Crippen LogP contribution is 2.64. The molecule has 0 radical (unpaired) electrons. The number of carbonyl (C=O) groups excluding carboxylic acids is 2. The summed E-state index contributed by atoms with van der Waals surface area (Å²) in [4.78, 5) is 27.0. The summed E-state index contributed by atoms with van der Waals surface area (Å²) < 4.78 is 11.6. The minimum Gasteiger partial charge on any atom is -0.469 e. The van der Waals surface area contributed by atoms with Crippen molar-refractivity contribution in [3.63, 3.8) is 0 Å². The van der Waals surface area contributed by atoms with Crippen LogP contribution in [0.4, 0.5) is 0 Å². The van der Waals surface area contributed by atoms with Gasteiger partial charge in [-0.2, -0.15) is 0 Å². The van der Waals surface area contributed by atoms with Gasteiger partial charge in [-0.05, 0) is 94.3 Å². The summed E-state index contributed by atoms with van der Waals surface area (Å²) in [7, 11) is 1.53. The third-order valence-corrected chi connectivity index (χ3v) is 10.3. The second kappa shape index (κ2) is 10.8. The van der Waals surface area contributed by atoms with E-state index in [2.05, 4.69) is 55.4 Å². The van der Waals surface area contributed by atoms with E-state index in [1.165, 1.54) is 32.8 Å². The number of hydrogen-bond donors (Lipinski definition) is 0. The monoisotopic (exact) mass is 490 g/mol. The first-order valence-electron chi connectivity index (χ1n) is 14.5. The van der Waals surface area contributed by atoms with E-state index < -0.39 is 5.41 Å². The molecular weight excluding hydrogens is 436 g/mol. The molecule has 0 spiro atoms. The van der Waals surface area contributed by atoms with E-state index >= 15 is 0 Å². The van der Waals surface area contributed by atoms with Crippen LogP contribution in [0.1, 0.15) is 120 Å². The Labute approximate surface area is 215 Å². The van der Waals surface area contributed by atoms with Crippen LogP contribution in [0.25, 0.3) is 0 Å². The van der Waals surface area contributed by atoms with Crippen molar-refractivity contribution in [1.29, 1.82) is 0 Å². The number of ether oxygens (including phenoxy) is 2. The van der Waals surface area contributed by atoms with E-state index in [9.17, 15) is 9.59 Å². The fraction of sp³-hybridized carbons (Fsp3) is 0.935. The maximum atomic E-state index is 13.7. The topological polar surface area (TPSA) is 52.6 Å². The van der Waals surface area contributed by atoms with E-state index in [0.717, 1.165) is 38.0 Å². The molecule has 0 amide bonds. The molecule has 3 fully saturated rings. The summed E-state index contributed by atoms with van der Waals surface area (Å²) in [6.07, 6.45) is 10.4. The molecule has 3 aliphatic rings. The smallest absolute Gasteiger partial charge is 0.309 e. The fourth-order valence-corrected chi connectivity index (χ4v) is 8.48. The molecule has 3 saturated carbocycles. The predicted octanol–water partition coefficient (Wildman–Crippen LogP) is 7.62. The Morgan fingerprint density at radius 3 is 2.26 bits per heavy atom. The molecule has 0 aliphatic heterocycles. The van der Waals surface area contributed by atoms with Gasteiger partial charge in [0.25, 0.3) is 0 Å². The zero-order valence-corrected chi connectivity index (χ0v) is 24.2. The molecule has 3 rings (SSSR count). The van der Waals surface area contributed by atoms with Crippen LogP contribution in [-0.2, 0) is 19.1 Å². The van der Waals surface area contributed by atoms with Crippen molar-refractivity contribution in [2.45, 2.75) is 131 Å². The van der Waals surface area contributed by atoms with Crippen LogP contribution in [0.3, 0.4) is 0 Å². The van der Waals surface area contributed by atoms with Gasteiger partial charge in [0, 0.05) is 11.8 Å². The summed E-state index contributed by atoms with van der Waals surface area (Å²) in [5.41, 5.74) is -0.540. The van der Waals surface area contributed by atoms with Gasteiger partial charge in [-0.25, -0.2) is 0 Å². The molecule has 0 N–H and O–H groups in total. The number of ketones is 1. The number of hydrogen-bond acceptors (Lipinski definition) is 4. The first-order valence-corrected chi connectivity index (χ1v) is 14.5. The summed E-state index contributed by atoms with van der Waals surface area (Å²) in [5.74, 6) is 2.54. The highest BCUT2D eigenvalue weighted by Gasteiger charge is 2.61. The molecule has 202 valence electrons. The number of rotatable bonds is 8. The zero-order chi connectivity index (χ0) is 26.2. The molecule has 0 aromatic carbocycles. The van der Waals surface area contributed by atoms with E-state index in [4.69, 9.17) is 9.47 Å². The number of fused-ring (bicyclic) bond motifs is 1. The van der Waals surface area contributed by atoms with Crippen LogP contribution in [0, 0.1) is 46.3 Å². The maximum absolute atomic E-state index is 13.7. The molecule has 8 atom stereocenters. The number of carbonyl (C=O) groups is 2. The van der Waals surface area contributed by atoms with Crippen LogP contribution < -0.4 is 0 Å². The van der Waals surface area contributed by atoms with Gasteiger partial charge >= 0.3 is 5.97 Å². The standard InChI is InChI=1S/C31H54O4/c1-20(2)11-10-12-21(3)23-13-14-24-27(28(33)34-9)25(16-18-30(23,24)7)31(8)17-15-22(19-26(31)32)35-29(4,5)6/h20-25,27H,10-19H2,1-9H3. The molecule has 0 aromatic rings. The Morgan fingerprint density at radius 2 is 1.69 bits per heavy atom. The molecule has 3 aliphatic carbocycles. The van der Waals surface area contributed by atoms with E-state index in [1.54, 1.807) is 0 Å². The third kappa shape index (κ3) is 5.99. The molecule has 35 heavy (non-hydrogen) atoms. The van der Waals surface area contributed by atoms with Gasteiger partial charge in [-0.3, -0.25) is 9.59 Å². The second-order valence-corrected chi connectivity index (χ2v) is 14.2. The van der Waals surface area contributed by atoms with Crippen molar-refractivity contribution >= 4 is 11.8 Å². The Balaban J connectivity index is 1.79. The zero-order valence-electron chi connectivity index (χ0n) is 24.2. The van der Waals surface area contributed by atoms with Crippen molar-refractivity contribution < 1.29 is 19.1 Å². The van der Waals surface area contributed by atoms with Crippen molar-refractivity contribution in [2.75, 3.05) is 7.11 Å². The lowest BCUT2D eigenvalue weighted by Gasteiger charge is -2.54. The van der Waals surface area contributed by atoms with Crippen LogP contribution >= 0.6 is 0 Å². The molecule has 0 aromatic heterocycles. The Morgan fingerprint density at radius 1 is 1.00 bits per heavy atom. The highest BCUT2D eigenvalue weighted by molar-refractivity contribution is 5.87. The van der Waals surface area contributed by atoms with Crippen molar-refractivity contribution in [1.82, 2.24) is 0 Å². The molecule has 0 heterocycles. The maximum Gasteiger partial charge on any atom is 0.309 e. The van der Waals surface area contributed by atoms with Crippen molar-refractivity contribution in [2.24, 2.45) is 46.3 Å². The van der Waals surface area contributed by atoms with Gasteiger partial charge in [-0.15, -0.1) is 0 Å². The number of methoxy groups -OCH3 is 1. The van der Waals surface area contributed by atoms with Crippen LogP contribution in [0.2, 0.25) is 0 Å². The quantitative estimate of drug-likeness (QED) is 0.328. The lowest BCUT2D eigenvalue weighted by atomic mass is 9.50. The fourth-order valence-electron chi connectivity index (χ4n) is 8.48. The van der Waals surface area contributed by atoms with E-state index in [-0.39, 0.29) is 40.7 Å². The minimum atomic E-state index is -0.459. The van der Waals surface area contributed by atoms with E-state index in [0.29, 0.717) is 24.2 Å². The molecule has 4 heteroatoms. The summed E-state index contributed by atoms with van der Waals surface area (Å²) in [6, 6.07) is 0. The lowest BCUT2D eigenvalue weighted by molar-refractivity contribution is -0.168. The van der Waals surface area contributed by atoms with Crippen LogP contribution in [0.15, 0.2) is 0 Å². The molecule has 4 nitrogen and oxygen atoms in total. The SMILES string of the molecule is COC(=O)C1C(C2(C)CCC(OC(C)(C)C)CC2=O)CCC2(C)C(C(C)CCCC(C)C)CCC12. The van der Waals surface area contributed by atoms with Gasteiger partial charge in [-0.1, -0.05) is 53.9 Å². The van der Waals surface area contributed by atoms with Gasteiger partial charge in [0.15, 0.2) is 0 Å². The van der Waals surface area contributed by atoms with Gasteiger partial charge < -0.3 is 9.47 Å². The summed E-state index contributed by atoms with van der Waals surface area (Å²) in [5, 5.41) is 0. The highest BCUT2D eigenvalue weighted by atomic mass is 16.5. The van der Waals surface area contributed by atoms with Crippen LogP contribution in [-0.4, -0.2) is 30.6 Å². The minimum absolute atomic E-state index is 0.0106. The average Bonchev–Trinajstić information content (AvgIpc) is 3.11. The first-order chi connectivity index (χ1) is 16.2. The first kappa shape index (κ1) is 28.7. The number of Topliss-reactive ketones (excluding diaryl/α,β-unsaturated/α-hetero) is 1. The summed E-state index contributed by atoms with van der Waals surface area (Å²) in [6.45, 7) is 17.8. The Hall–Kier alpha value is -0.900. The normalized spacial score (nSPS) is 38.9. The largest absolute Gasteiger partial charge is 0.469 e. The summed E-state index contributed by atoms with van der Waals surface area (Å²) >= 11 is 0. The van der Waals surface area contributed by atoms with Gasteiger partial charge in [0.1, 0.15) is 5.78 Å². The molecular formula is C31H54O4. The lowest BCUT2D eigenvalue weighted by Crippen LogP contribution is -2.54. The Kier molecular flexibility index (Phi) is 8.88. The Bertz CT molecular complexity index is 752. The number of esters is 1. The third-order valence-electron chi connectivity index (χ3n) is 10.3. The van der Waals surface area contributed by atoms with Gasteiger partial charge in [0.2, 0.25) is 0 Å². The van der Waals surface area contributed by atoms with Crippen LogP contribution in [0.5, 0.6) is 0 Å². The molecule has 8 unspecified atom stereocenters.